The Morgan fingerprint density at radius 3 is 2.81 bits per heavy atom. The monoisotopic (exact) mass is 336 g/mol. The molecule has 5 nitrogen and oxygen atoms in total. The number of hydrogen-bond acceptors (Lipinski definition) is 4. The average Bonchev–Trinajstić information content (AvgIpc) is 2.21. The fraction of sp³-hybridized carbons (Fsp3) is 0.600. The molecule has 0 aliphatic heterocycles. The molecular formula is C10H17IN4O. The Morgan fingerprint density at radius 2 is 2.25 bits per heavy atom. The van der Waals surface area contributed by atoms with Crippen molar-refractivity contribution in [2.75, 3.05) is 25.0 Å². The average molecular weight is 336 g/mol. The second kappa shape index (κ2) is 5.13. The van der Waals surface area contributed by atoms with Crippen LogP contribution in [-0.4, -0.2) is 30.1 Å². The Bertz CT molecular complexity index is 416. The van der Waals surface area contributed by atoms with Crippen molar-refractivity contribution in [3.05, 3.63) is 20.3 Å². The zero-order chi connectivity index (χ0) is 12.3. The first-order valence-electron chi connectivity index (χ1n) is 5.02. The molecule has 1 heterocycles. The van der Waals surface area contributed by atoms with E-state index in [1.54, 1.807) is 0 Å². The van der Waals surface area contributed by atoms with Gasteiger partial charge in [-0.1, -0.05) is 13.8 Å². The van der Waals surface area contributed by atoms with Crippen LogP contribution in [0, 0.1) is 8.99 Å². The highest BCUT2D eigenvalue weighted by molar-refractivity contribution is 14.1. The largest absolute Gasteiger partial charge is 0.358 e. The summed E-state index contributed by atoms with van der Waals surface area (Å²) < 4.78 is 0.607. The van der Waals surface area contributed by atoms with Gasteiger partial charge in [0, 0.05) is 13.6 Å². The molecule has 3 N–H and O–H groups in total. The summed E-state index contributed by atoms with van der Waals surface area (Å²) in [4.78, 5) is 20.1. The molecule has 1 aromatic rings. The van der Waals surface area contributed by atoms with Crippen molar-refractivity contribution >= 4 is 28.4 Å². The lowest BCUT2D eigenvalue weighted by Crippen LogP contribution is -2.38. The second-order valence-electron chi connectivity index (χ2n) is 4.59. The van der Waals surface area contributed by atoms with Crippen LogP contribution in [0.5, 0.6) is 0 Å². The van der Waals surface area contributed by atoms with Crippen molar-refractivity contribution in [2.45, 2.75) is 13.8 Å². The van der Waals surface area contributed by atoms with Gasteiger partial charge in [-0.15, -0.1) is 0 Å². The lowest BCUT2D eigenvalue weighted by atomic mass is 9.93. The second-order valence-corrected chi connectivity index (χ2v) is 5.67. The van der Waals surface area contributed by atoms with Crippen molar-refractivity contribution in [1.82, 2.24) is 9.97 Å². The molecule has 0 bridgehead atoms. The van der Waals surface area contributed by atoms with Gasteiger partial charge in [-0.05, 0) is 34.6 Å². The number of anilines is 1. The first kappa shape index (κ1) is 13.4. The molecule has 0 aromatic carbocycles. The SMILES string of the molecule is CN(CC(C)(C)CN)c1nc[nH]c(=O)c1I. The summed E-state index contributed by atoms with van der Waals surface area (Å²) in [5.41, 5.74) is 5.58. The molecule has 16 heavy (non-hydrogen) atoms. The van der Waals surface area contributed by atoms with Gasteiger partial charge in [-0.25, -0.2) is 4.98 Å². The first-order valence-corrected chi connectivity index (χ1v) is 6.09. The molecule has 0 aliphatic rings. The fourth-order valence-electron chi connectivity index (χ4n) is 1.42. The van der Waals surface area contributed by atoms with E-state index in [2.05, 4.69) is 23.8 Å². The molecule has 1 aromatic heterocycles. The molecule has 0 aliphatic carbocycles. The Balaban J connectivity index is 2.93. The van der Waals surface area contributed by atoms with Gasteiger partial charge in [0.25, 0.3) is 5.56 Å². The fourth-order valence-corrected chi connectivity index (χ4v) is 2.13. The van der Waals surface area contributed by atoms with Gasteiger partial charge in [0.1, 0.15) is 9.39 Å². The molecule has 0 radical (unpaired) electrons. The van der Waals surface area contributed by atoms with Crippen molar-refractivity contribution in [2.24, 2.45) is 11.1 Å². The van der Waals surface area contributed by atoms with Crippen LogP contribution in [0.4, 0.5) is 5.82 Å². The molecule has 0 fully saturated rings. The smallest absolute Gasteiger partial charge is 0.266 e. The normalized spacial score (nSPS) is 11.6. The van der Waals surface area contributed by atoms with Crippen LogP contribution in [-0.2, 0) is 0 Å². The molecular weight excluding hydrogens is 319 g/mol. The van der Waals surface area contributed by atoms with Crippen molar-refractivity contribution in [3.63, 3.8) is 0 Å². The Labute approximate surface area is 109 Å². The van der Waals surface area contributed by atoms with E-state index < -0.39 is 0 Å². The number of aromatic nitrogens is 2. The Kier molecular flexibility index (Phi) is 4.31. The third-order valence-electron chi connectivity index (χ3n) is 2.36. The zero-order valence-electron chi connectivity index (χ0n) is 9.75. The zero-order valence-corrected chi connectivity index (χ0v) is 11.9. The molecule has 0 saturated heterocycles. The van der Waals surface area contributed by atoms with E-state index in [9.17, 15) is 4.79 Å². The number of nitrogens with one attached hydrogen (secondary N) is 1. The predicted molar refractivity (Wildman–Crippen MR) is 73.7 cm³/mol. The van der Waals surface area contributed by atoms with Crippen LogP contribution < -0.4 is 16.2 Å². The topological polar surface area (TPSA) is 75.0 Å². The van der Waals surface area contributed by atoms with Crippen molar-refractivity contribution < 1.29 is 0 Å². The molecule has 1 rings (SSSR count). The van der Waals surface area contributed by atoms with E-state index in [1.807, 2.05) is 34.5 Å². The van der Waals surface area contributed by atoms with E-state index in [0.29, 0.717) is 15.9 Å². The molecule has 0 atom stereocenters. The van der Waals surface area contributed by atoms with Gasteiger partial charge in [-0.3, -0.25) is 4.79 Å². The minimum absolute atomic E-state index is 0.00210. The highest BCUT2D eigenvalue weighted by Gasteiger charge is 2.20. The minimum atomic E-state index is -0.108. The van der Waals surface area contributed by atoms with E-state index in [1.165, 1.54) is 6.33 Å². The molecule has 0 amide bonds. The van der Waals surface area contributed by atoms with Gasteiger partial charge in [0.15, 0.2) is 0 Å². The van der Waals surface area contributed by atoms with Crippen LogP contribution in [0.15, 0.2) is 11.1 Å². The summed E-state index contributed by atoms with van der Waals surface area (Å²) in [6.45, 7) is 5.53. The summed E-state index contributed by atoms with van der Waals surface area (Å²) in [7, 11) is 1.92. The Hall–Kier alpha value is -0.630. The third-order valence-corrected chi connectivity index (χ3v) is 3.33. The van der Waals surface area contributed by atoms with Crippen LogP contribution in [0.25, 0.3) is 0 Å². The minimum Gasteiger partial charge on any atom is -0.358 e. The quantitative estimate of drug-likeness (QED) is 0.798. The number of aromatic amines is 1. The van der Waals surface area contributed by atoms with Crippen LogP contribution in [0.1, 0.15) is 13.8 Å². The number of H-pyrrole nitrogens is 1. The van der Waals surface area contributed by atoms with Gasteiger partial charge in [-0.2, -0.15) is 0 Å². The number of hydrogen-bond donors (Lipinski definition) is 2. The lowest BCUT2D eigenvalue weighted by Gasteiger charge is -2.29. The van der Waals surface area contributed by atoms with Gasteiger partial charge in [0.2, 0.25) is 0 Å². The van der Waals surface area contributed by atoms with Crippen LogP contribution in [0.3, 0.4) is 0 Å². The lowest BCUT2D eigenvalue weighted by molar-refractivity contribution is 0.384. The van der Waals surface area contributed by atoms with Gasteiger partial charge >= 0.3 is 0 Å². The third kappa shape index (κ3) is 3.18. The number of rotatable bonds is 4. The van der Waals surface area contributed by atoms with E-state index in [0.717, 1.165) is 6.54 Å². The van der Waals surface area contributed by atoms with Crippen molar-refractivity contribution in [1.29, 1.82) is 0 Å². The van der Waals surface area contributed by atoms with Crippen LogP contribution in [0.2, 0.25) is 0 Å². The predicted octanol–water partition coefficient (Wildman–Crippen LogP) is 0.796. The Morgan fingerprint density at radius 1 is 1.62 bits per heavy atom. The highest BCUT2D eigenvalue weighted by Crippen LogP contribution is 2.20. The number of nitrogens with two attached hydrogens (primary N) is 1. The van der Waals surface area contributed by atoms with E-state index in [4.69, 9.17) is 5.73 Å². The van der Waals surface area contributed by atoms with Gasteiger partial charge < -0.3 is 15.6 Å². The molecule has 0 saturated carbocycles. The summed E-state index contributed by atoms with van der Waals surface area (Å²) in [6, 6.07) is 0. The standard InChI is InChI=1S/C10H17IN4O/c1-10(2,4-12)5-15(3)8-7(11)9(16)14-6-13-8/h6H,4-5,12H2,1-3H3,(H,13,14,16). The summed E-state index contributed by atoms with van der Waals surface area (Å²) >= 11 is 2.00. The molecule has 6 heteroatoms. The maximum atomic E-state index is 11.4. The summed E-state index contributed by atoms with van der Waals surface area (Å²) in [5.74, 6) is 0.700. The summed E-state index contributed by atoms with van der Waals surface area (Å²) in [5, 5.41) is 0. The summed E-state index contributed by atoms with van der Waals surface area (Å²) in [6.07, 6.45) is 1.42. The van der Waals surface area contributed by atoms with Gasteiger partial charge in [0.05, 0.1) is 6.33 Å². The van der Waals surface area contributed by atoms with Crippen LogP contribution >= 0.6 is 22.6 Å². The van der Waals surface area contributed by atoms with Crippen molar-refractivity contribution in [3.8, 4) is 0 Å². The number of nitrogens with zero attached hydrogens (tertiary/aromatic N) is 2. The number of halogens is 1. The molecule has 90 valence electrons. The molecule has 0 spiro atoms. The highest BCUT2D eigenvalue weighted by atomic mass is 127. The van der Waals surface area contributed by atoms with E-state index >= 15 is 0 Å². The maximum absolute atomic E-state index is 11.4. The maximum Gasteiger partial charge on any atom is 0.266 e. The first-order chi connectivity index (χ1) is 7.37. The molecule has 0 unspecified atom stereocenters. The van der Waals surface area contributed by atoms with E-state index in [-0.39, 0.29) is 11.0 Å².